The summed E-state index contributed by atoms with van der Waals surface area (Å²) in [5, 5.41) is 1.35. The van der Waals surface area contributed by atoms with E-state index in [-0.39, 0.29) is 11.4 Å². The third kappa shape index (κ3) is 4.62. The van der Waals surface area contributed by atoms with E-state index in [2.05, 4.69) is 0 Å². The smallest absolute Gasteiger partial charge is 0.326 e. The van der Waals surface area contributed by atoms with Crippen LogP contribution in [-0.2, 0) is 16.6 Å². The van der Waals surface area contributed by atoms with Crippen LogP contribution >= 0.6 is 11.3 Å². The Morgan fingerprint density at radius 3 is 2.53 bits per heavy atom. The Balaban J connectivity index is 2.63. The predicted octanol–water partition coefficient (Wildman–Crippen LogP) is 1.44. The first-order valence-electron chi connectivity index (χ1n) is 4.58. The fourth-order valence-electron chi connectivity index (χ4n) is 1.02. The third-order valence-corrected chi connectivity index (χ3v) is 4.39. The Bertz CT molecular complexity index is 467. The predicted molar refractivity (Wildman–Crippen MR) is 58.1 cm³/mol. The number of sulfonamides is 1. The fraction of sp³-hybridized carbons (Fsp3) is 0.500. The van der Waals surface area contributed by atoms with E-state index in [0.29, 0.717) is 4.88 Å². The van der Waals surface area contributed by atoms with Crippen molar-refractivity contribution in [2.45, 2.75) is 24.0 Å². The van der Waals surface area contributed by atoms with Crippen molar-refractivity contribution in [2.24, 2.45) is 5.73 Å². The maximum absolute atomic E-state index is 11.8. The molecule has 0 aliphatic heterocycles. The van der Waals surface area contributed by atoms with Crippen molar-refractivity contribution in [2.75, 3.05) is 6.54 Å². The monoisotopic (exact) mass is 288 g/mol. The molecule has 1 aromatic rings. The molecule has 9 heteroatoms. The van der Waals surface area contributed by atoms with E-state index in [9.17, 15) is 21.6 Å². The van der Waals surface area contributed by atoms with Gasteiger partial charge in [-0.05, 0) is 6.07 Å². The first-order valence-corrected chi connectivity index (χ1v) is 6.95. The van der Waals surface area contributed by atoms with Gasteiger partial charge in [-0.2, -0.15) is 13.2 Å². The lowest BCUT2D eigenvalue weighted by Crippen LogP contribution is -2.27. The molecule has 0 bridgehead atoms. The number of thiophene rings is 1. The average molecular weight is 288 g/mol. The van der Waals surface area contributed by atoms with Crippen molar-refractivity contribution in [1.82, 2.24) is 4.72 Å². The first kappa shape index (κ1) is 14.4. The Hall–Kier alpha value is -0.640. The highest BCUT2D eigenvalue weighted by molar-refractivity contribution is 7.89. The van der Waals surface area contributed by atoms with Crippen LogP contribution in [0.5, 0.6) is 0 Å². The molecule has 0 spiro atoms. The molecule has 4 nitrogen and oxygen atoms in total. The Kier molecular flexibility index (Phi) is 4.53. The zero-order valence-electron chi connectivity index (χ0n) is 8.62. The molecule has 0 unspecified atom stereocenters. The topological polar surface area (TPSA) is 72.2 Å². The summed E-state index contributed by atoms with van der Waals surface area (Å²) in [7, 11) is -3.87. The summed E-state index contributed by atoms with van der Waals surface area (Å²) >= 11 is 1.15. The van der Waals surface area contributed by atoms with E-state index in [1.54, 1.807) is 0 Å². The lowest BCUT2D eigenvalue weighted by atomic mass is 10.4. The van der Waals surface area contributed by atoms with E-state index in [1.807, 2.05) is 4.72 Å². The SMILES string of the molecule is NCc1cc(S(=O)(=O)NCCC(F)(F)F)cs1. The van der Waals surface area contributed by atoms with Gasteiger partial charge >= 0.3 is 6.18 Å². The van der Waals surface area contributed by atoms with Gasteiger partial charge in [-0.25, -0.2) is 13.1 Å². The second kappa shape index (κ2) is 5.34. The molecule has 0 amide bonds. The number of alkyl halides is 3. The molecule has 1 aromatic heterocycles. The molecule has 3 N–H and O–H groups in total. The van der Waals surface area contributed by atoms with Crippen LogP contribution in [0.15, 0.2) is 16.3 Å². The largest absolute Gasteiger partial charge is 0.390 e. The summed E-state index contributed by atoms with van der Waals surface area (Å²) in [6, 6.07) is 1.35. The van der Waals surface area contributed by atoms with Crippen LogP contribution in [0.25, 0.3) is 0 Å². The van der Waals surface area contributed by atoms with Gasteiger partial charge in [-0.3, -0.25) is 0 Å². The number of nitrogens with two attached hydrogens (primary N) is 1. The van der Waals surface area contributed by atoms with Gasteiger partial charge in [0.25, 0.3) is 0 Å². The highest BCUT2D eigenvalue weighted by Crippen LogP contribution is 2.20. The highest BCUT2D eigenvalue weighted by Gasteiger charge is 2.27. The van der Waals surface area contributed by atoms with Crippen molar-refractivity contribution in [3.63, 3.8) is 0 Å². The minimum absolute atomic E-state index is 0.0508. The van der Waals surface area contributed by atoms with Gasteiger partial charge in [-0.15, -0.1) is 11.3 Å². The summed E-state index contributed by atoms with van der Waals surface area (Å²) in [5.41, 5.74) is 5.31. The number of hydrogen-bond donors (Lipinski definition) is 2. The van der Waals surface area contributed by atoms with Crippen molar-refractivity contribution in [3.05, 3.63) is 16.3 Å². The molecule has 0 radical (unpaired) electrons. The average Bonchev–Trinajstić information content (AvgIpc) is 2.63. The standard InChI is InChI=1S/C8H11F3N2O2S2/c9-8(10,11)1-2-13-17(14,15)7-3-6(4-12)16-5-7/h3,5,13H,1-2,4,12H2. The molecular weight excluding hydrogens is 277 g/mol. The molecule has 0 atom stereocenters. The van der Waals surface area contributed by atoms with E-state index >= 15 is 0 Å². The minimum Gasteiger partial charge on any atom is -0.326 e. The molecule has 1 heterocycles. The van der Waals surface area contributed by atoms with E-state index < -0.39 is 29.2 Å². The van der Waals surface area contributed by atoms with Crippen LogP contribution in [0.3, 0.4) is 0 Å². The number of hydrogen-bond acceptors (Lipinski definition) is 4. The van der Waals surface area contributed by atoms with Crippen LogP contribution in [0, 0.1) is 0 Å². The number of nitrogens with one attached hydrogen (secondary N) is 1. The molecule has 1 rings (SSSR count). The third-order valence-electron chi connectivity index (χ3n) is 1.84. The van der Waals surface area contributed by atoms with Gasteiger partial charge in [0.05, 0.1) is 11.3 Å². The molecule has 0 aliphatic rings. The number of rotatable bonds is 5. The minimum atomic E-state index is -4.38. The van der Waals surface area contributed by atoms with E-state index in [0.717, 1.165) is 11.3 Å². The Labute approximate surface area is 101 Å². The molecule has 0 aliphatic carbocycles. The Morgan fingerprint density at radius 2 is 2.06 bits per heavy atom. The molecule has 17 heavy (non-hydrogen) atoms. The van der Waals surface area contributed by atoms with Crippen LogP contribution in [0.4, 0.5) is 13.2 Å². The molecule has 0 fully saturated rings. The van der Waals surface area contributed by atoms with Gasteiger partial charge in [0.15, 0.2) is 0 Å². The molecule has 0 saturated carbocycles. The maximum Gasteiger partial charge on any atom is 0.390 e. The van der Waals surface area contributed by atoms with Gasteiger partial charge in [0, 0.05) is 23.3 Å². The van der Waals surface area contributed by atoms with Crippen LogP contribution in [0.1, 0.15) is 11.3 Å². The second-order valence-electron chi connectivity index (χ2n) is 3.22. The zero-order chi connectivity index (χ0) is 13.1. The van der Waals surface area contributed by atoms with E-state index in [1.165, 1.54) is 11.4 Å². The first-order chi connectivity index (χ1) is 7.74. The molecule has 0 saturated heterocycles. The van der Waals surface area contributed by atoms with Crippen molar-refractivity contribution < 1.29 is 21.6 Å². The normalized spacial score (nSPS) is 12.9. The summed E-state index contributed by atoms with van der Waals surface area (Å²) < 4.78 is 60.5. The van der Waals surface area contributed by atoms with Crippen molar-refractivity contribution >= 4 is 21.4 Å². The fourth-order valence-corrected chi connectivity index (χ4v) is 3.21. The lowest BCUT2D eigenvalue weighted by molar-refractivity contribution is -0.132. The van der Waals surface area contributed by atoms with Crippen LogP contribution in [-0.4, -0.2) is 21.1 Å². The molecule has 98 valence electrons. The lowest BCUT2D eigenvalue weighted by Gasteiger charge is -2.07. The molecular formula is C8H11F3N2O2S2. The quantitative estimate of drug-likeness (QED) is 0.861. The molecule has 0 aromatic carbocycles. The summed E-state index contributed by atoms with van der Waals surface area (Å²) in [6.45, 7) is -0.470. The second-order valence-corrected chi connectivity index (χ2v) is 5.98. The van der Waals surface area contributed by atoms with Gasteiger partial charge in [-0.1, -0.05) is 0 Å². The highest BCUT2D eigenvalue weighted by atomic mass is 32.2. The van der Waals surface area contributed by atoms with Gasteiger partial charge in [0.2, 0.25) is 10.0 Å². The van der Waals surface area contributed by atoms with Crippen LogP contribution < -0.4 is 10.5 Å². The van der Waals surface area contributed by atoms with Crippen molar-refractivity contribution in [3.8, 4) is 0 Å². The van der Waals surface area contributed by atoms with Crippen molar-refractivity contribution in [1.29, 1.82) is 0 Å². The summed E-state index contributed by atoms with van der Waals surface area (Å²) in [5.74, 6) is 0. The Morgan fingerprint density at radius 1 is 1.41 bits per heavy atom. The van der Waals surface area contributed by atoms with E-state index in [4.69, 9.17) is 5.73 Å². The summed E-state index contributed by atoms with van der Waals surface area (Å²) in [6.07, 6.45) is -5.57. The van der Waals surface area contributed by atoms with Gasteiger partial charge < -0.3 is 5.73 Å². The van der Waals surface area contributed by atoms with Gasteiger partial charge in [0.1, 0.15) is 0 Å². The number of halogens is 3. The zero-order valence-corrected chi connectivity index (χ0v) is 10.3. The van der Waals surface area contributed by atoms with Crippen LogP contribution in [0.2, 0.25) is 0 Å². The summed E-state index contributed by atoms with van der Waals surface area (Å²) in [4.78, 5) is 0.603. The maximum atomic E-state index is 11.8.